The van der Waals surface area contributed by atoms with Crippen molar-refractivity contribution >= 4 is 32.4 Å². The van der Waals surface area contributed by atoms with Crippen LogP contribution in [-0.4, -0.2) is 28.0 Å². The van der Waals surface area contributed by atoms with Crippen molar-refractivity contribution in [1.29, 1.82) is 0 Å². The van der Waals surface area contributed by atoms with Crippen molar-refractivity contribution < 1.29 is 36.7 Å². The number of hydrogen-bond acceptors (Lipinski definition) is 6. The van der Waals surface area contributed by atoms with Gasteiger partial charge in [0, 0.05) is 17.5 Å². The van der Waals surface area contributed by atoms with Crippen molar-refractivity contribution in [3.63, 3.8) is 0 Å². The third-order valence-corrected chi connectivity index (χ3v) is 5.20. The lowest BCUT2D eigenvalue weighted by Crippen LogP contribution is -2.11. The molecule has 0 aliphatic heterocycles. The van der Waals surface area contributed by atoms with Crippen molar-refractivity contribution in [1.82, 2.24) is 0 Å². The van der Waals surface area contributed by atoms with Crippen LogP contribution in [0.2, 0.25) is 6.04 Å². The van der Waals surface area contributed by atoms with Gasteiger partial charge in [0.05, 0.1) is 23.6 Å². The minimum Gasteiger partial charge on any atom is -0.494 e. The molecule has 2 radical (unpaired) electrons. The minimum absolute atomic E-state index is 0.0682. The highest BCUT2D eigenvalue weighted by molar-refractivity contribution is 6.66. The van der Waals surface area contributed by atoms with Crippen molar-refractivity contribution in [2.45, 2.75) is 25.1 Å². The van der Waals surface area contributed by atoms with Gasteiger partial charge in [0.15, 0.2) is 0 Å². The van der Waals surface area contributed by atoms with Gasteiger partial charge in [0.25, 0.3) is 0 Å². The van der Waals surface area contributed by atoms with Gasteiger partial charge in [-0.2, -0.15) is 13.2 Å². The minimum atomic E-state index is -4.73. The number of carbonyl (C=O) groups excluding carboxylic acids is 2. The topological polar surface area (TPSA) is 82.8 Å². The molecule has 1 aromatic heterocycles. The lowest BCUT2D eigenvalue weighted by Gasteiger charge is -2.10. The molecule has 0 fully saturated rings. The van der Waals surface area contributed by atoms with Crippen LogP contribution in [0, 0.1) is 0 Å². The molecule has 0 atom stereocenters. The summed E-state index contributed by atoms with van der Waals surface area (Å²) in [6.45, 7) is 0.481. The molecule has 0 unspecified atom stereocenters. The molecule has 6 nitrogen and oxygen atoms in total. The smallest absolute Gasteiger partial charge is 0.417 e. The Bertz CT molecular complexity index is 1160. The van der Waals surface area contributed by atoms with E-state index in [2.05, 4.69) is 0 Å². The molecular weight excluding hydrogens is 445 g/mol. The van der Waals surface area contributed by atoms with E-state index in [4.69, 9.17) is 13.9 Å². The molecule has 166 valence electrons. The fraction of sp³-hybridized carbons (Fsp3) is 0.227. The third kappa shape index (κ3) is 6.07. The number of fused-ring (bicyclic) bond motifs is 1. The Kier molecular flexibility index (Phi) is 7.47. The zero-order valence-corrected chi connectivity index (χ0v) is 17.6. The highest BCUT2D eigenvalue weighted by Crippen LogP contribution is 2.35. The SMILES string of the molecule is O=C[Si]CCCCOc1ccc(C(=O)Oc2ccc3c(C(F)(F)F)cc(=O)oc3c2)cc1. The summed E-state index contributed by atoms with van der Waals surface area (Å²) >= 11 is 0. The van der Waals surface area contributed by atoms with Gasteiger partial charge < -0.3 is 18.7 Å². The van der Waals surface area contributed by atoms with Crippen LogP contribution in [-0.2, 0) is 11.0 Å². The Morgan fingerprint density at radius 2 is 1.75 bits per heavy atom. The Hall–Kier alpha value is -3.40. The summed E-state index contributed by atoms with van der Waals surface area (Å²) in [5.74, 6) is 0.666. The van der Waals surface area contributed by atoms with Gasteiger partial charge >= 0.3 is 17.8 Å². The molecule has 1 heterocycles. The van der Waals surface area contributed by atoms with E-state index in [1.54, 1.807) is 12.1 Å². The molecule has 0 N–H and O–H groups in total. The van der Waals surface area contributed by atoms with E-state index >= 15 is 0 Å². The van der Waals surface area contributed by atoms with Crippen LogP contribution in [0.25, 0.3) is 11.0 Å². The molecule has 0 aliphatic carbocycles. The second-order valence-corrected chi connectivity index (χ2v) is 7.82. The summed E-state index contributed by atoms with van der Waals surface area (Å²) in [4.78, 5) is 34.1. The van der Waals surface area contributed by atoms with Gasteiger partial charge in [-0.05, 0) is 42.8 Å². The average Bonchev–Trinajstić information content (AvgIpc) is 2.75. The summed E-state index contributed by atoms with van der Waals surface area (Å²) in [6.07, 6.45) is -3.04. The third-order valence-electron chi connectivity index (χ3n) is 4.39. The van der Waals surface area contributed by atoms with Crippen LogP contribution in [0.3, 0.4) is 0 Å². The molecule has 0 spiro atoms. The second-order valence-electron chi connectivity index (χ2n) is 6.68. The van der Waals surface area contributed by atoms with Crippen molar-refractivity contribution in [2.24, 2.45) is 0 Å². The van der Waals surface area contributed by atoms with Crippen molar-refractivity contribution in [2.75, 3.05) is 6.61 Å². The van der Waals surface area contributed by atoms with Gasteiger partial charge in [-0.15, -0.1) is 0 Å². The fourth-order valence-electron chi connectivity index (χ4n) is 2.87. The molecule has 32 heavy (non-hydrogen) atoms. The predicted molar refractivity (Wildman–Crippen MR) is 111 cm³/mol. The first-order chi connectivity index (χ1) is 15.3. The van der Waals surface area contributed by atoms with Gasteiger partial charge in [-0.1, -0.05) is 12.5 Å². The van der Waals surface area contributed by atoms with Crippen molar-refractivity contribution in [3.05, 3.63) is 70.1 Å². The molecule has 10 heteroatoms. The zero-order chi connectivity index (χ0) is 23.1. The number of ether oxygens (including phenoxy) is 2. The molecular formula is C22H17F3O6Si. The summed E-state index contributed by atoms with van der Waals surface area (Å²) in [6, 6.07) is 10.7. The average molecular weight is 462 g/mol. The van der Waals surface area contributed by atoms with E-state index in [0.29, 0.717) is 27.9 Å². The molecule has 0 aliphatic rings. The Morgan fingerprint density at radius 3 is 2.44 bits per heavy atom. The van der Waals surface area contributed by atoms with E-state index in [1.165, 1.54) is 18.2 Å². The van der Waals surface area contributed by atoms with Crippen LogP contribution < -0.4 is 15.1 Å². The Labute approximate surface area is 182 Å². The van der Waals surface area contributed by atoms with Crippen molar-refractivity contribution in [3.8, 4) is 11.5 Å². The Morgan fingerprint density at radius 1 is 1.03 bits per heavy atom. The van der Waals surface area contributed by atoms with Crippen LogP contribution >= 0.6 is 0 Å². The largest absolute Gasteiger partial charge is 0.494 e. The monoisotopic (exact) mass is 462 g/mol. The maximum Gasteiger partial charge on any atom is 0.417 e. The summed E-state index contributed by atoms with van der Waals surface area (Å²) in [5, 5.41) is -0.315. The summed E-state index contributed by atoms with van der Waals surface area (Å²) in [5.41, 5.74) is -2.42. The molecule has 3 rings (SSSR count). The number of esters is 1. The van der Waals surface area contributed by atoms with Crippen LogP contribution in [0.15, 0.2) is 57.7 Å². The zero-order valence-electron chi connectivity index (χ0n) is 16.6. The van der Waals surface area contributed by atoms with Gasteiger partial charge in [0.1, 0.15) is 26.6 Å². The predicted octanol–water partition coefficient (Wildman–Crippen LogP) is 4.50. The lowest BCUT2D eigenvalue weighted by molar-refractivity contribution is -0.136. The molecule has 2 aromatic carbocycles. The van der Waals surface area contributed by atoms with E-state index in [-0.39, 0.29) is 22.3 Å². The highest BCUT2D eigenvalue weighted by atomic mass is 28.2. The standard InChI is InChI=1S/C22H17F3O6Si/c23-22(24,25)18-12-20(27)31-19-11-16(7-8-17(18)19)30-21(28)14-3-5-15(6-4-14)29-9-1-2-10-32-13-26/h3-8,11-13H,1-2,9-10H2. The van der Waals surface area contributed by atoms with Crippen LogP contribution in [0.1, 0.15) is 28.8 Å². The van der Waals surface area contributed by atoms with E-state index in [1.807, 2.05) is 0 Å². The van der Waals surface area contributed by atoms with Gasteiger partial charge in [-0.25, -0.2) is 9.59 Å². The van der Waals surface area contributed by atoms with Gasteiger partial charge in [-0.3, -0.25) is 0 Å². The molecule has 0 saturated carbocycles. The van der Waals surface area contributed by atoms with Crippen LogP contribution in [0.5, 0.6) is 11.5 Å². The lowest BCUT2D eigenvalue weighted by atomic mass is 10.1. The van der Waals surface area contributed by atoms with E-state index in [9.17, 15) is 27.6 Å². The molecule has 3 aromatic rings. The number of hydrogen-bond donors (Lipinski definition) is 0. The maximum atomic E-state index is 13.1. The molecule has 0 bridgehead atoms. The molecule has 0 amide bonds. The number of benzene rings is 2. The number of alkyl halides is 3. The fourth-order valence-corrected chi connectivity index (χ4v) is 3.44. The van der Waals surface area contributed by atoms with E-state index < -0.39 is 23.3 Å². The molecule has 0 saturated heterocycles. The number of carbonyl (C=O) groups is 2. The van der Waals surface area contributed by atoms with E-state index in [0.717, 1.165) is 36.9 Å². The maximum absolute atomic E-state index is 13.1. The quantitative estimate of drug-likeness (QED) is 0.116. The first-order valence-electron chi connectivity index (χ1n) is 9.55. The summed E-state index contributed by atoms with van der Waals surface area (Å²) in [7, 11) is 0.307. The first kappa shape index (κ1) is 23.3. The number of rotatable bonds is 9. The number of unbranched alkanes of at least 4 members (excludes halogenated alkanes) is 1. The van der Waals surface area contributed by atoms with Crippen LogP contribution in [0.4, 0.5) is 13.2 Å². The first-order valence-corrected chi connectivity index (χ1v) is 10.8. The number of halogens is 3. The highest BCUT2D eigenvalue weighted by Gasteiger charge is 2.33. The Balaban J connectivity index is 1.65. The van der Waals surface area contributed by atoms with Gasteiger partial charge in [0.2, 0.25) is 0 Å². The second kappa shape index (κ2) is 10.3. The summed E-state index contributed by atoms with van der Waals surface area (Å²) < 4.78 is 55.0. The normalized spacial score (nSPS) is 11.3.